The van der Waals surface area contributed by atoms with Crippen molar-refractivity contribution in [3.63, 3.8) is 0 Å². The summed E-state index contributed by atoms with van der Waals surface area (Å²) in [5, 5.41) is 17.6. The van der Waals surface area contributed by atoms with Crippen molar-refractivity contribution in [2.24, 2.45) is 17.3 Å². The second-order valence-corrected chi connectivity index (χ2v) is 10.7. The lowest BCUT2D eigenvalue weighted by atomic mass is 9.58. The minimum atomic E-state index is -0.782. The first kappa shape index (κ1) is 23.3. The van der Waals surface area contributed by atoms with Crippen molar-refractivity contribution in [3.8, 4) is 0 Å². The molecule has 1 saturated carbocycles. The zero-order valence-electron chi connectivity index (χ0n) is 20.8. The molecule has 2 heterocycles. The molecule has 2 aromatic rings. The summed E-state index contributed by atoms with van der Waals surface area (Å²) in [6.07, 6.45) is 14.7. The third-order valence-electron chi connectivity index (χ3n) is 9.15. The van der Waals surface area contributed by atoms with Gasteiger partial charge in [-0.3, -0.25) is 9.78 Å². The van der Waals surface area contributed by atoms with Crippen LogP contribution in [0.25, 0.3) is 10.8 Å². The molecule has 0 radical (unpaired) electrons. The third-order valence-corrected chi connectivity index (χ3v) is 9.15. The number of carbonyl (C=O) groups is 1. The second-order valence-electron chi connectivity index (χ2n) is 10.7. The molecule has 2 N–H and O–H groups in total. The van der Waals surface area contributed by atoms with Gasteiger partial charge in [-0.25, -0.2) is 0 Å². The molecular weight excluding hydrogens is 420 g/mol. The van der Waals surface area contributed by atoms with Crippen LogP contribution in [-0.4, -0.2) is 28.1 Å². The molecule has 2 fully saturated rings. The van der Waals surface area contributed by atoms with E-state index >= 15 is 0 Å². The monoisotopic (exact) mass is 458 g/mol. The molecule has 1 aliphatic heterocycles. The summed E-state index contributed by atoms with van der Waals surface area (Å²) in [7, 11) is 0. The van der Waals surface area contributed by atoms with Gasteiger partial charge in [0.2, 0.25) is 5.91 Å². The van der Waals surface area contributed by atoms with Crippen LogP contribution in [0.1, 0.15) is 77.2 Å². The molecule has 34 heavy (non-hydrogen) atoms. The van der Waals surface area contributed by atoms with Crippen molar-refractivity contribution in [3.05, 3.63) is 65.5 Å². The molecule has 6 rings (SSSR count). The number of hydrogen-bond acceptors (Lipinski definition) is 3. The lowest BCUT2D eigenvalue weighted by Gasteiger charge is -2.49. The molecule has 4 nitrogen and oxygen atoms in total. The molecule has 5 atom stereocenters. The third kappa shape index (κ3) is 3.71. The van der Waals surface area contributed by atoms with E-state index in [0.29, 0.717) is 18.9 Å². The predicted octanol–water partition coefficient (Wildman–Crippen LogP) is 6.07. The average Bonchev–Trinajstić information content (AvgIpc) is 3.03. The van der Waals surface area contributed by atoms with Crippen LogP contribution >= 0.6 is 0 Å². The average molecular weight is 459 g/mol. The van der Waals surface area contributed by atoms with Gasteiger partial charge in [-0.05, 0) is 90.3 Å². The Hall–Kier alpha value is -2.46. The quantitative estimate of drug-likeness (QED) is 0.545. The number of aliphatic hydroxyl groups is 1. The SMILES string of the molecule is CC.CC12CC=C3C=C4CCNC(=O)CC4CC[C@]3(O)C1CCC2c1ccc2ccncc2c1. The smallest absolute Gasteiger partial charge is 0.220 e. The van der Waals surface area contributed by atoms with Crippen LogP contribution in [0.3, 0.4) is 0 Å². The molecule has 1 aromatic carbocycles. The lowest BCUT2D eigenvalue weighted by Crippen LogP contribution is -2.49. The highest BCUT2D eigenvalue weighted by atomic mass is 16.3. The number of pyridine rings is 1. The molecule has 4 heteroatoms. The Bertz CT molecular complexity index is 1150. The summed E-state index contributed by atoms with van der Waals surface area (Å²) in [6, 6.07) is 8.89. The van der Waals surface area contributed by atoms with E-state index in [9.17, 15) is 9.90 Å². The molecule has 4 aliphatic rings. The number of benzene rings is 1. The zero-order chi connectivity index (χ0) is 23.9. The Labute approximate surface area is 203 Å². The van der Waals surface area contributed by atoms with Gasteiger partial charge in [-0.2, -0.15) is 0 Å². The van der Waals surface area contributed by atoms with E-state index in [-0.39, 0.29) is 23.2 Å². The number of aromatic nitrogens is 1. The van der Waals surface area contributed by atoms with E-state index in [2.05, 4.69) is 53.6 Å². The van der Waals surface area contributed by atoms with E-state index in [1.165, 1.54) is 21.9 Å². The maximum Gasteiger partial charge on any atom is 0.220 e. The fourth-order valence-corrected chi connectivity index (χ4v) is 7.43. The van der Waals surface area contributed by atoms with E-state index < -0.39 is 5.60 Å². The van der Waals surface area contributed by atoms with Crippen LogP contribution in [0.5, 0.6) is 0 Å². The van der Waals surface area contributed by atoms with E-state index in [1.807, 2.05) is 26.2 Å². The highest BCUT2D eigenvalue weighted by Gasteiger charge is 2.58. The van der Waals surface area contributed by atoms with Gasteiger partial charge in [0.25, 0.3) is 0 Å². The molecule has 1 amide bonds. The first-order valence-electron chi connectivity index (χ1n) is 13.2. The van der Waals surface area contributed by atoms with Crippen LogP contribution in [0.4, 0.5) is 0 Å². The summed E-state index contributed by atoms with van der Waals surface area (Å²) >= 11 is 0. The summed E-state index contributed by atoms with van der Waals surface area (Å²) in [6.45, 7) is 7.12. The summed E-state index contributed by atoms with van der Waals surface area (Å²) in [4.78, 5) is 16.5. The van der Waals surface area contributed by atoms with Gasteiger partial charge in [0.15, 0.2) is 0 Å². The standard InChI is InChI=1S/C28H32N2O2.C2H6/c1-27-10-7-23-15-20-9-13-30-26(31)16-19(20)6-11-28(23,32)25(27)5-4-24(27)21-3-2-18-8-12-29-17-22(18)14-21;1-2/h2-3,7-8,12,14-15,17,19,24-25,32H,4-6,9-11,13,16H2,1H3,(H,30,31);1-2H3/t19?,24?,25?,27?,28-;/m1./s1. The van der Waals surface area contributed by atoms with Crippen molar-refractivity contribution in [2.75, 3.05) is 6.54 Å². The number of nitrogens with zero attached hydrogens (tertiary/aromatic N) is 1. The first-order chi connectivity index (χ1) is 16.5. The number of amides is 1. The summed E-state index contributed by atoms with van der Waals surface area (Å²) in [5.74, 6) is 1.11. The minimum Gasteiger partial charge on any atom is -0.385 e. The van der Waals surface area contributed by atoms with Gasteiger partial charge < -0.3 is 10.4 Å². The van der Waals surface area contributed by atoms with Crippen molar-refractivity contribution < 1.29 is 9.90 Å². The molecule has 180 valence electrons. The fraction of sp³-hybridized carbons (Fsp3) is 0.533. The van der Waals surface area contributed by atoms with Crippen LogP contribution in [0.15, 0.2) is 60.0 Å². The Kier molecular flexibility index (Phi) is 6.14. The van der Waals surface area contributed by atoms with Gasteiger partial charge in [0.1, 0.15) is 0 Å². The summed E-state index contributed by atoms with van der Waals surface area (Å²) < 4.78 is 0. The molecular formula is C30H38N2O2. The molecule has 1 aromatic heterocycles. The Morgan fingerprint density at radius 3 is 2.82 bits per heavy atom. The number of carbonyl (C=O) groups excluding carboxylic acids is 1. The summed E-state index contributed by atoms with van der Waals surface area (Å²) in [5.41, 5.74) is 3.11. The van der Waals surface area contributed by atoms with Crippen molar-refractivity contribution in [2.45, 2.75) is 77.2 Å². The largest absolute Gasteiger partial charge is 0.385 e. The number of fused-ring (bicyclic) bond motifs is 5. The maximum absolute atomic E-state index is 12.2. The van der Waals surface area contributed by atoms with Gasteiger partial charge in [0.05, 0.1) is 5.60 Å². The Morgan fingerprint density at radius 1 is 1.12 bits per heavy atom. The van der Waals surface area contributed by atoms with Gasteiger partial charge >= 0.3 is 0 Å². The highest BCUT2D eigenvalue weighted by molar-refractivity contribution is 5.82. The first-order valence-corrected chi connectivity index (χ1v) is 13.2. The number of nitrogens with one attached hydrogen (secondary N) is 1. The van der Waals surface area contributed by atoms with E-state index in [1.54, 1.807) is 0 Å². The van der Waals surface area contributed by atoms with Crippen molar-refractivity contribution in [1.29, 1.82) is 0 Å². The van der Waals surface area contributed by atoms with E-state index in [0.717, 1.165) is 44.1 Å². The molecule has 3 aliphatic carbocycles. The van der Waals surface area contributed by atoms with Crippen LogP contribution in [0.2, 0.25) is 0 Å². The second kappa shape index (κ2) is 8.96. The predicted molar refractivity (Wildman–Crippen MR) is 137 cm³/mol. The van der Waals surface area contributed by atoms with Gasteiger partial charge in [0, 0.05) is 30.7 Å². The normalized spacial score (nSPS) is 34.7. The fourth-order valence-electron chi connectivity index (χ4n) is 7.43. The van der Waals surface area contributed by atoms with Gasteiger partial charge in [-0.1, -0.05) is 50.6 Å². The van der Waals surface area contributed by atoms with Crippen LogP contribution in [0, 0.1) is 17.3 Å². The zero-order valence-corrected chi connectivity index (χ0v) is 20.8. The Morgan fingerprint density at radius 2 is 1.97 bits per heavy atom. The van der Waals surface area contributed by atoms with Crippen LogP contribution < -0.4 is 5.32 Å². The van der Waals surface area contributed by atoms with Gasteiger partial charge in [-0.15, -0.1) is 0 Å². The molecule has 0 spiro atoms. The van der Waals surface area contributed by atoms with Crippen molar-refractivity contribution in [1.82, 2.24) is 10.3 Å². The lowest BCUT2D eigenvalue weighted by molar-refractivity contribution is -0.121. The highest BCUT2D eigenvalue weighted by Crippen LogP contribution is 2.63. The van der Waals surface area contributed by atoms with Crippen molar-refractivity contribution >= 4 is 16.7 Å². The Balaban J connectivity index is 0.00000117. The molecule has 0 bridgehead atoms. The molecule has 4 unspecified atom stereocenters. The number of hydrogen-bond donors (Lipinski definition) is 2. The molecule has 1 saturated heterocycles. The maximum atomic E-state index is 12.2. The van der Waals surface area contributed by atoms with Crippen LogP contribution in [-0.2, 0) is 4.79 Å². The van der Waals surface area contributed by atoms with E-state index in [4.69, 9.17) is 0 Å². The topological polar surface area (TPSA) is 62.2 Å². The minimum absolute atomic E-state index is 0.0381. The number of rotatable bonds is 1. The number of allylic oxidation sites excluding steroid dienone is 1.